The molecule has 2 N–H and O–H groups in total. The Kier molecular flexibility index (Phi) is 9.10. The number of benzene rings is 1. The lowest BCUT2D eigenvalue weighted by molar-refractivity contribution is -0.127. The van der Waals surface area contributed by atoms with Gasteiger partial charge in [0.2, 0.25) is 5.91 Å². The van der Waals surface area contributed by atoms with Crippen molar-refractivity contribution >= 4 is 34.8 Å². The van der Waals surface area contributed by atoms with Gasteiger partial charge in [-0.15, -0.1) is 11.3 Å². The number of hydrogen-bond acceptors (Lipinski definition) is 4. The van der Waals surface area contributed by atoms with E-state index in [0.29, 0.717) is 29.8 Å². The van der Waals surface area contributed by atoms with Crippen molar-refractivity contribution in [1.29, 1.82) is 0 Å². The predicted molar refractivity (Wildman–Crippen MR) is 116 cm³/mol. The van der Waals surface area contributed by atoms with E-state index in [9.17, 15) is 4.79 Å². The molecule has 152 valence electrons. The Hall–Kier alpha value is -2.25. The molecule has 0 saturated heterocycles. The fourth-order valence-electron chi connectivity index (χ4n) is 2.25. The summed E-state index contributed by atoms with van der Waals surface area (Å²) in [5, 5.41) is 9.15. The first-order valence-electron chi connectivity index (χ1n) is 9.15. The average Bonchev–Trinajstić information content (AvgIpc) is 3.20. The van der Waals surface area contributed by atoms with E-state index in [4.69, 9.17) is 16.3 Å². The van der Waals surface area contributed by atoms with Gasteiger partial charge in [-0.3, -0.25) is 4.79 Å². The maximum atomic E-state index is 11.9. The Bertz CT molecular complexity index is 765. The van der Waals surface area contributed by atoms with E-state index in [0.717, 1.165) is 6.42 Å². The summed E-state index contributed by atoms with van der Waals surface area (Å²) in [7, 11) is 3.43. The zero-order chi connectivity index (χ0) is 20.4. The third kappa shape index (κ3) is 7.40. The number of halogens is 1. The average molecular weight is 423 g/mol. The van der Waals surface area contributed by atoms with Crippen molar-refractivity contribution in [2.24, 2.45) is 4.99 Å². The topological polar surface area (TPSA) is 66.0 Å². The number of carbonyl (C=O) groups is 1. The molecule has 0 fully saturated rings. The maximum absolute atomic E-state index is 11.9. The van der Waals surface area contributed by atoms with E-state index in [1.807, 2.05) is 29.6 Å². The van der Waals surface area contributed by atoms with Crippen molar-refractivity contribution in [3.8, 4) is 5.75 Å². The molecular weight excluding hydrogens is 396 g/mol. The number of hydrogen-bond donors (Lipinski definition) is 2. The summed E-state index contributed by atoms with van der Waals surface area (Å²) >= 11 is 7.85. The van der Waals surface area contributed by atoms with E-state index < -0.39 is 0 Å². The normalized spacial score (nSPS) is 12.4. The lowest BCUT2D eigenvalue weighted by Crippen LogP contribution is -2.42. The molecule has 2 aromatic rings. The molecule has 8 heteroatoms. The van der Waals surface area contributed by atoms with Crippen LogP contribution in [0.2, 0.25) is 5.02 Å². The maximum Gasteiger partial charge on any atom is 0.243 e. The molecule has 1 unspecified atom stereocenters. The third-order valence-corrected chi connectivity index (χ3v) is 5.15. The molecule has 0 aliphatic carbocycles. The second-order valence-electron chi connectivity index (χ2n) is 6.35. The molecule has 28 heavy (non-hydrogen) atoms. The van der Waals surface area contributed by atoms with Gasteiger partial charge in [-0.05, 0) is 30.0 Å². The van der Waals surface area contributed by atoms with Crippen molar-refractivity contribution < 1.29 is 9.53 Å². The summed E-state index contributed by atoms with van der Waals surface area (Å²) < 4.78 is 6.01. The number of ether oxygens (including phenoxy) is 1. The first-order chi connectivity index (χ1) is 13.5. The number of rotatable bonds is 9. The van der Waals surface area contributed by atoms with Crippen LogP contribution in [0.5, 0.6) is 5.75 Å². The zero-order valence-corrected chi connectivity index (χ0v) is 18.0. The molecule has 0 aliphatic heterocycles. The lowest BCUT2D eigenvalue weighted by Gasteiger charge is -2.20. The van der Waals surface area contributed by atoms with Gasteiger partial charge in [-0.2, -0.15) is 0 Å². The largest absolute Gasteiger partial charge is 0.487 e. The molecule has 6 nitrogen and oxygen atoms in total. The molecule has 0 aliphatic rings. The van der Waals surface area contributed by atoms with Crippen molar-refractivity contribution in [3.05, 3.63) is 51.7 Å². The molecule has 0 radical (unpaired) electrons. The Morgan fingerprint density at radius 1 is 1.25 bits per heavy atom. The number of likely N-dealkylation sites (N-methyl/N-ethyl adjacent to an activating group) is 1. The number of thiophene rings is 1. The summed E-state index contributed by atoms with van der Waals surface area (Å²) in [5.41, 5.74) is 0. The lowest BCUT2D eigenvalue weighted by atomic mass is 10.2. The van der Waals surface area contributed by atoms with E-state index in [2.05, 4.69) is 28.6 Å². The van der Waals surface area contributed by atoms with Crippen LogP contribution in [0, 0.1) is 0 Å². The smallest absolute Gasteiger partial charge is 0.243 e. The van der Waals surface area contributed by atoms with Crippen LogP contribution in [0.15, 0.2) is 46.8 Å². The summed E-state index contributed by atoms with van der Waals surface area (Å²) in [6.45, 7) is 3.31. The van der Waals surface area contributed by atoms with Gasteiger partial charge in [0.1, 0.15) is 18.4 Å². The van der Waals surface area contributed by atoms with Gasteiger partial charge in [-0.1, -0.05) is 36.7 Å². The molecule has 1 atom stereocenters. The number of nitrogens with one attached hydrogen (secondary N) is 2. The fraction of sp³-hybridized carbons (Fsp3) is 0.400. The third-order valence-electron chi connectivity index (χ3n) is 3.96. The van der Waals surface area contributed by atoms with Gasteiger partial charge in [0.05, 0.1) is 18.1 Å². The van der Waals surface area contributed by atoms with Crippen molar-refractivity contribution in [2.45, 2.75) is 26.0 Å². The molecule has 0 bridgehead atoms. The summed E-state index contributed by atoms with van der Waals surface area (Å²) in [6.07, 6.45) is 0.714. The minimum Gasteiger partial charge on any atom is -0.487 e. The highest BCUT2D eigenvalue weighted by molar-refractivity contribution is 7.09. The minimum absolute atomic E-state index is 0.0587. The zero-order valence-electron chi connectivity index (χ0n) is 16.4. The molecule has 0 saturated carbocycles. The molecule has 1 aromatic heterocycles. The number of para-hydroxylation sites is 1. The molecule has 0 spiro atoms. The van der Waals surface area contributed by atoms with Crippen LogP contribution in [-0.2, 0) is 11.3 Å². The number of nitrogens with zero attached hydrogens (tertiary/aromatic N) is 2. The van der Waals surface area contributed by atoms with Crippen LogP contribution in [-0.4, -0.2) is 50.1 Å². The summed E-state index contributed by atoms with van der Waals surface area (Å²) in [4.78, 5) is 19.0. The van der Waals surface area contributed by atoms with E-state index in [1.165, 1.54) is 9.78 Å². The number of aliphatic imine (C=N–C) groups is 1. The van der Waals surface area contributed by atoms with Gasteiger partial charge in [0.25, 0.3) is 0 Å². The second-order valence-corrected chi connectivity index (χ2v) is 7.78. The summed E-state index contributed by atoms with van der Waals surface area (Å²) in [5.74, 6) is 1.17. The Labute approximate surface area is 175 Å². The van der Waals surface area contributed by atoms with Gasteiger partial charge >= 0.3 is 0 Å². The number of guanidine groups is 1. The van der Waals surface area contributed by atoms with Crippen molar-refractivity contribution in [2.75, 3.05) is 27.2 Å². The van der Waals surface area contributed by atoms with Crippen LogP contribution in [0.25, 0.3) is 0 Å². The Morgan fingerprint density at radius 2 is 2.04 bits per heavy atom. The van der Waals surface area contributed by atoms with Crippen LogP contribution >= 0.6 is 22.9 Å². The molecule has 2 rings (SSSR count). The molecule has 1 amide bonds. The monoisotopic (exact) mass is 422 g/mol. The molecule has 1 heterocycles. The van der Waals surface area contributed by atoms with Crippen LogP contribution < -0.4 is 15.4 Å². The van der Waals surface area contributed by atoms with Gasteiger partial charge < -0.3 is 20.3 Å². The molecular formula is C20H27ClN4O2S. The van der Waals surface area contributed by atoms with Crippen molar-refractivity contribution in [1.82, 2.24) is 15.5 Å². The summed E-state index contributed by atoms with van der Waals surface area (Å²) in [6, 6.07) is 11.5. The van der Waals surface area contributed by atoms with E-state index in [-0.39, 0.29) is 18.6 Å². The fourth-order valence-corrected chi connectivity index (χ4v) is 3.07. The second kappa shape index (κ2) is 11.6. The van der Waals surface area contributed by atoms with Gasteiger partial charge in [0, 0.05) is 19.0 Å². The first kappa shape index (κ1) is 22.0. The number of carbonyl (C=O) groups excluding carboxylic acids is 1. The number of amides is 1. The van der Waals surface area contributed by atoms with E-state index >= 15 is 0 Å². The highest BCUT2D eigenvalue weighted by Gasteiger charge is 2.12. The van der Waals surface area contributed by atoms with Crippen LogP contribution in [0.3, 0.4) is 0 Å². The highest BCUT2D eigenvalue weighted by atomic mass is 35.5. The van der Waals surface area contributed by atoms with E-state index in [1.54, 1.807) is 31.5 Å². The van der Waals surface area contributed by atoms with Gasteiger partial charge in [-0.25, -0.2) is 4.99 Å². The van der Waals surface area contributed by atoms with Crippen LogP contribution in [0.1, 0.15) is 18.2 Å². The Morgan fingerprint density at radius 3 is 2.68 bits per heavy atom. The highest BCUT2D eigenvalue weighted by Crippen LogP contribution is 2.24. The van der Waals surface area contributed by atoms with Crippen LogP contribution in [0.4, 0.5) is 0 Å². The quantitative estimate of drug-likeness (QED) is 0.480. The predicted octanol–water partition coefficient (Wildman–Crippen LogP) is 3.38. The Balaban J connectivity index is 1.97. The SMILES string of the molecule is CCC(CNC(=NCC(=O)N(C)C)NCc1cccs1)Oc1ccccc1Cl. The molecule has 1 aromatic carbocycles. The minimum atomic E-state index is -0.0850. The standard InChI is InChI=1S/C20H27ClN4O2S/c1-4-15(27-18-10-6-5-9-17(18)21)12-22-20(24-14-19(26)25(2)3)23-13-16-8-7-11-28-16/h5-11,15H,4,12-14H2,1-3H3,(H2,22,23,24). The van der Waals surface area contributed by atoms with Gasteiger partial charge in [0.15, 0.2) is 5.96 Å². The van der Waals surface area contributed by atoms with Crippen molar-refractivity contribution in [3.63, 3.8) is 0 Å². The first-order valence-corrected chi connectivity index (χ1v) is 10.4.